The van der Waals surface area contributed by atoms with Gasteiger partial charge in [0, 0.05) is 24.5 Å². The van der Waals surface area contributed by atoms with Gasteiger partial charge in [0.15, 0.2) is 6.10 Å². The number of hydrogen-bond acceptors (Lipinski definition) is 3. The van der Waals surface area contributed by atoms with Crippen LogP contribution in [0, 0.1) is 0 Å². The molecule has 2 atom stereocenters. The Kier molecular flexibility index (Phi) is 3.37. The Balaban J connectivity index is 1.70. The molecule has 0 radical (unpaired) electrons. The summed E-state index contributed by atoms with van der Waals surface area (Å²) < 4.78 is 11.2. The van der Waals surface area contributed by atoms with Crippen molar-refractivity contribution in [2.75, 3.05) is 19.7 Å². The average Bonchev–Trinajstić information content (AvgIpc) is 2.80. The summed E-state index contributed by atoms with van der Waals surface area (Å²) in [5.74, 6) is 0.812. The highest BCUT2D eigenvalue weighted by Crippen LogP contribution is 2.31. The van der Waals surface area contributed by atoms with Gasteiger partial charge in [0.05, 0.1) is 12.7 Å². The zero-order chi connectivity index (χ0) is 13.4. The molecule has 0 saturated carbocycles. The summed E-state index contributed by atoms with van der Waals surface area (Å²) in [7, 11) is 0. The highest BCUT2D eigenvalue weighted by molar-refractivity contribution is 6.30. The number of nitrogens with zero attached hydrogens (tertiary/aromatic N) is 1. The van der Waals surface area contributed by atoms with Crippen molar-refractivity contribution in [1.82, 2.24) is 4.90 Å². The Morgan fingerprint density at radius 2 is 2.32 bits per heavy atom. The fraction of sp³-hybridized carbons (Fsp3) is 0.500. The van der Waals surface area contributed by atoms with Crippen LogP contribution in [-0.2, 0) is 16.0 Å². The van der Waals surface area contributed by atoms with E-state index in [1.165, 1.54) is 0 Å². The molecule has 0 N–H and O–H groups in total. The van der Waals surface area contributed by atoms with Crippen LogP contribution in [0.4, 0.5) is 0 Å². The van der Waals surface area contributed by atoms with Crippen molar-refractivity contribution in [3.8, 4) is 5.75 Å². The molecule has 0 spiro atoms. The predicted molar refractivity (Wildman–Crippen MR) is 71.6 cm³/mol. The summed E-state index contributed by atoms with van der Waals surface area (Å²) in [4.78, 5) is 14.2. The van der Waals surface area contributed by atoms with E-state index in [9.17, 15) is 4.79 Å². The number of fused-ring (bicyclic) bond motifs is 1. The van der Waals surface area contributed by atoms with Crippen LogP contribution in [0.25, 0.3) is 0 Å². The van der Waals surface area contributed by atoms with E-state index in [-0.39, 0.29) is 12.0 Å². The molecule has 1 aromatic rings. The summed E-state index contributed by atoms with van der Waals surface area (Å²) in [5, 5.41) is 0.676. The molecule has 2 aliphatic rings. The lowest BCUT2D eigenvalue weighted by Gasteiger charge is -2.32. The third-order valence-electron chi connectivity index (χ3n) is 3.53. The van der Waals surface area contributed by atoms with E-state index < -0.39 is 6.10 Å². The number of ether oxygens (including phenoxy) is 2. The van der Waals surface area contributed by atoms with Crippen molar-refractivity contribution in [3.63, 3.8) is 0 Å². The fourth-order valence-corrected chi connectivity index (χ4v) is 2.77. The van der Waals surface area contributed by atoms with E-state index in [2.05, 4.69) is 0 Å². The zero-order valence-electron chi connectivity index (χ0n) is 10.8. The number of carbonyl (C=O) groups excluding carboxylic acids is 1. The van der Waals surface area contributed by atoms with Crippen LogP contribution in [0.2, 0.25) is 5.02 Å². The molecule has 102 valence electrons. The highest BCUT2D eigenvalue weighted by Gasteiger charge is 2.34. The van der Waals surface area contributed by atoms with Gasteiger partial charge in [0.2, 0.25) is 0 Å². The number of halogens is 1. The average molecular weight is 282 g/mol. The molecule has 0 bridgehead atoms. The normalized spacial score (nSPS) is 25.9. The van der Waals surface area contributed by atoms with Gasteiger partial charge in [-0.3, -0.25) is 4.79 Å². The second kappa shape index (κ2) is 5.02. The zero-order valence-corrected chi connectivity index (χ0v) is 11.5. The standard InChI is InChI=1S/C14H16ClNO3/c1-9-8-16(4-5-18-9)14(17)13-7-10-6-11(15)2-3-12(10)19-13/h2-3,6,9,13H,4-5,7-8H2,1H3/t9-,13+/m1/s1. The lowest BCUT2D eigenvalue weighted by atomic mass is 10.1. The van der Waals surface area contributed by atoms with Crippen LogP contribution >= 0.6 is 11.6 Å². The summed E-state index contributed by atoms with van der Waals surface area (Å²) in [6.07, 6.45) is 0.273. The molecule has 0 aliphatic carbocycles. The largest absolute Gasteiger partial charge is 0.480 e. The maximum absolute atomic E-state index is 12.4. The number of benzene rings is 1. The highest BCUT2D eigenvalue weighted by atomic mass is 35.5. The van der Waals surface area contributed by atoms with Crippen molar-refractivity contribution in [2.45, 2.75) is 25.6 Å². The van der Waals surface area contributed by atoms with Crippen molar-refractivity contribution >= 4 is 17.5 Å². The van der Waals surface area contributed by atoms with Gasteiger partial charge in [0.1, 0.15) is 5.75 Å². The van der Waals surface area contributed by atoms with Crippen LogP contribution in [-0.4, -0.2) is 42.7 Å². The van der Waals surface area contributed by atoms with E-state index in [0.717, 1.165) is 11.3 Å². The summed E-state index contributed by atoms with van der Waals surface area (Å²) in [6, 6.07) is 5.48. The van der Waals surface area contributed by atoms with E-state index >= 15 is 0 Å². The third-order valence-corrected chi connectivity index (χ3v) is 3.76. The molecular formula is C14H16ClNO3. The molecule has 1 saturated heterocycles. The summed E-state index contributed by atoms with van der Waals surface area (Å²) >= 11 is 5.95. The van der Waals surface area contributed by atoms with E-state index in [0.29, 0.717) is 31.1 Å². The first-order valence-corrected chi connectivity index (χ1v) is 6.87. The molecule has 0 aromatic heterocycles. The van der Waals surface area contributed by atoms with E-state index in [1.54, 1.807) is 6.07 Å². The molecular weight excluding hydrogens is 266 g/mol. The molecule has 2 heterocycles. The molecule has 1 amide bonds. The summed E-state index contributed by atoms with van der Waals surface area (Å²) in [6.45, 7) is 3.85. The number of amides is 1. The van der Waals surface area contributed by atoms with Gasteiger partial charge in [-0.15, -0.1) is 0 Å². The topological polar surface area (TPSA) is 38.8 Å². The van der Waals surface area contributed by atoms with Gasteiger partial charge in [-0.2, -0.15) is 0 Å². The molecule has 2 aliphatic heterocycles. The fourth-order valence-electron chi connectivity index (χ4n) is 2.58. The lowest BCUT2D eigenvalue weighted by Crippen LogP contribution is -2.49. The summed E-state index contributed by atoms with van der Waals surface area (Å²) in [5.41, 5.74) is 1.01. The van der Waals surface area contributed by atoms with Gasteiger partial charge in [-0.25, -0.2) is 0 Å². The second-order valence-corrected chi connectivity index (χ2v) is 5.46. The minimum Gasteiger partial charge on any atom is -0.480 e. The Hall–Kier alpha value is -1.26. The maximum atomic E-state index is 12.4. The van der Waals surface area contributed by atoms with Crippen LogP contribution in [0.15, 0.2) is 18.2 Å². The second-order valence-electron chi connectivity index (χ2n) is 5.03. The minimum atomic E-state index is -0.418. The molecule has 19 heavy (non-hydrogen) atoms. The lowest BCUT2D eigenvalue weighted by molar-refractivity contribution is -0.144. The first-order chi connectivity index (χ1) is 9.13. The monoisotopic (exact) mass is 281 g/mol. The molecule has 4 nitrogen and oxygen atoms in total. The van der Waals surface area contributed by atoms with Gasteiger partial charge < -0.3 is 14.4 Å². The predicted octanol–water partition coefficient (Wildman–Crippen LogP) is 1.89. The Bertz CT molecular complexity index is 505. The number of hydrogen-bond donors (Lipinski definition) is 0. The first-order valence-electron chi connectivity index (χ1n) is 6.49. The van der Waals surface area contributed by atoms with Crippen molar-refractivity contribution < 1.29 is 14.3 Å². The van der Waals surface area contributed by atoms with Crippen LogP contribution < -0.4 is 4.74 Å². The molecule has 3 rings (SSSR count). The van der Waals surface area contributed by atoms with Crippen molar-refractivity contribution in [3.05, 3.63) is 28.8 Å². The van der Waals surface area contributed by atoms with E-state index in [1.807, 2.05) is 24.0 Å². The Morgan fingerprint density at radius 1 is 1.47 bits per heavy atom. The quantitative estimate of drug-likeness (QED) is 0.789. The SMILES string of the molecule is C[C@@H]1CN(C(=O)[C@@H]2Cc3cc(Cl)ccc3O2)CCO1. The van der Waals surface area contributed by atoms with Gasteiger partial charge >= 0.3 is 0 Å². The number of carbonyl (C=O) groups is 1. The molecule has 0 unspecified atom stereocenters. The van der Waals surface area contributed by atoms with Crippen molar-refractivity contribution in [2.24, 2.45) is 0 Å². The third kappa shape index (κ3) is 2.55. The first kappa shape index (κ1) is 12.8. The Labute approximate surface area is 117 Å². The van der Waals surface area contributed by atoms with E-state index in [4.69, 9.17) is 21.1 Å². The van der Waals surface area contributed by atoms with Crippen LogP contribution in [0.1, 0.15) is 12.5 Å². The van der Waals surface area contributed by atoms with Gasteiger partial charge in [-0.05, 0) is 30.7 Å². The Morgan fingerprint density at radius 3 is 3.11 bits per heavy atom. The molecule has 1 aromatic carbocycles. The van der Waals surface area contributed by atoms with Gasteiger partial charge in [-0.1, -0.05) is 11.6 Å². The van der Waals surface area contributed by atoms with Crippen LogP contribution in [0.5, 0.6) is 5.75 Å². The number of rotatable bonds is 1. The number of morpholine rings is 1. The molecule has 1 fully saturated rings. The van der Waals surface area contributed by atoms with Crippen LogP contribution in [0.3, 0.4) is 0 Å². The van der Waals surface area contributed by atoms with Gasteiger partial charge in [0.25, 0.3) is 5.91 Å². The minimum absolute atomic E-state index is 0.0440. The molecule has 5 heteroatoms. The smallest absolute Gasteiger partial charge is 0.264 e. The van der Waals surface area contributed by atoms with Crippen molar-refractivity contribution in [1.29, 1.82) is 0 Å². The maximum Gasteiger partial charge on any atom is 0.264 e.